The molecule has 0 unspecified atom stereocenters. The summed E-state index contributed by atoms with van der Waals surface area (Å²) in [6.07, 6.45) is -7.28. The summed E-state index contributed by atoms with van der Waals surface area (Å²) < 4.78 is 79.9. The van der Waals surface area contributed by atoms with Gasteiger partial charge in [0.2, 0.25) is 5.76 Å². The lowest BCUT2D eigenvalue weighted by Gasteiger charge is -2.10. The van der Waals surface area contributed by atoms with E-state index in [-0.39, 0.29) is 16.2 Å². The van der Waals surface area contributed by atoms with Crippen molar-refractivity contribution in [3.63, 3.8) is 0 Å². The highest BCUT2D eigenvalue weighted by atomic mass is 32.2. The Morgan fingerprint density at radius 2 is 1.91 bits per heavy atom. The molecule has 2 rings (SSSR count). The van der Waals surface area contributed by atoms with Crippen molar-refractivity contribution in [2.24, 2.45) is 0 Å². The number of rotatable bonds is 4. The molecule has 9 heteroatoms. The van der Waals surface area contributed by atoms with E-state index in [1.54, 1.807) is 0 Å². The molecule has 0 radical (unpaired) electrons. The maximum Gasteiger partial charge on any atom is 0.398 e. The van der Waals surface area contributed by atoms with Gasteiger partial charge in [0, 0.05) is 16.5 Å². The Morgan fingerprint density at radius 3 is 2.45 bits per heavy atom. The summed E-state index contributed by atoms with van der Waals surface area (Å²) in [5.41, 5.74) is -0.0688. The van der Waals surface area contributed by atoms with Gasteiger partial charge in [-0.15, -0.1) is 11.8 Å². The predicted molar refractivity (Wildman–Crippen MR) is 68.4 cm³/mol. The first-order valence-corrected chi connectivity index (χ1v) is 6.91. The molecular weight excluding hydrogens is 332 g/mol. The normalized spacial score (nSPS) is 12.2. The highest BCUT2D eigenvalue weighted by Gasteiger charge is 2.28. The van der Waals surface area contributed by atoms with Crippen LogP contribution in [0.1, 0.15) is 17.7 Å². The number of halogens is 6. The summed E-state index contributed by atoms with van der Waals surface area (Å²) >= 11 is 0.486. The van der Waals surface area contributed by atoms with E-state index in [2.05, 4.69) is 9.68 Å². The van der Waals surface area contributed by atoms with Crippen LogP contribution in [0.5, 0.6) is 0 Å². The average molecular weight is 341 g/mol. The molecule has 0 fully saturated rings. The van der Waals surface area contributed by atoms with Crippen LogP contribution in [-0.4, -0.2) is 17.1 Å². The highest BCUT2D eigenvalue weighted by molar-refractivity contribution is 7.99. The van der Waals surface area contributed by atoms with E-state index in [0.29, 0.717) is 17.3 Å². The van der Waals surface area contributed by atoms with Crippen molar-refractivity contribution in [1.82, 2.24) is 5.16 Å². The fraction of sp³-hybridized carbons (Fsp3) is 0.308. The van der Waals surface area contributed by atoms with Gasteiger partial charge in [-0.1, -0.05) is 5.16 Å². The number of nitrogens with zero attached hydrogens (tertiary/aromatic N) is 1. The summed E-state index contributed by atoms with van der Waals surface area (Å²) in [5.74, 6) is -2.65. The average Bonchev–Trinajstić information content (AvgIpc) is 2.86. The lowest BCUT2D eigenvalue weighted by molar-refractivity contribution is -0.105. The van der Waals surface area contributed by atoms with E-state index >= 15 is 0 Å². The van der Waals surface area contributed by atoms with Crippen molar-refractivity contribution < 1.29 is 30.9 Å². The zero-order valence-corrected chi connectivity index (χ0v) is 11.9. The Morgan fingerprint density at radius 1 is 1.23 bits per heavy atom. The number of benzene rings is 1. The molecule has 0 aliphatic heterocycles. The molecule has 0 amide bonds. The summed E-state index contributed by atoms with van der Waals surface area (Å²) in [4.78, 5) is 0.190. The molecule has 22 heavy (non-hydrogen) atoms. The molecule has 0 saturated carbocycles. The highest BCUT2D eigenvalue weighted by Crippen LogP contribution is 2.34. The van der Waals surface area contributed by atoms with Crippen LogP contribution >= 0.6 is 11.8 Å². The van der Waals surface area contributed by atoms with Crippen LogP contribution in [0.4, 0.5) is 26.3 Å². The van der Waals surface area contributed by atoms with Gasteiger partial charge in [-0.2, -0.15) is 13.2 Å². The molecular formula is C13H9F6NOS. The lowest BCUT2D eigenvalue weighted by atomic mass is 10.1. The minimum absolute atomic E-state index is 0.189. The van der Waals surface area contributed by atoms with E-state index in [1.807, 2.05) is 0 Å². The molecule has 2 nitrogen and oxygen atoms in total. The number of hydrogen-bond donors (Lipinski definition) is 0. The first kappa shape index (κ1) is 16.7. The smallest absolute Gasteiger partial charge is 0.355 e. The minimum Gasteiger partial charge on any atom is -0.355 e. The second kappa shape index (κ2) is 6.23. The first-order chi connectivity index (χ1) is 10.2. The van der Waals surface area contributed by atoms with Gasteiger partial charge in [-0.25, -0.2) is 13.2 Å². The SMILES string of the molecule is Cc1cc(F)c(-c2cc(C(F)F)on2)cc1SCC(F)(F)F. The molecule has 1 aromatic heterocycles. The van der Waals surface area contributed by atoms with Gasteiger partial charge in [0.1, 0.15) is 11.5 Å². The van der Waals surface area contributed by atoms with Crippen molar-refractivity contribution in [2.75, 3.05) is 5.75 Å². The number of thioether (sulfide) groups is 1. The van der Waals surface area contributed by atoms with Crippen molar-refractivity contribution in [1.29, 1.82) is 0 Å². The topological polar surface area (TPSA) is 26.0 Å². The van der Waals surface area contributed by atoms with Crippen molar-refractivity contribution in [3.05, 3.63) is 35.3 Å². The molecule has 0 aliphatic carbocycles. The van der Waals surface area contributed by atoms with E-state index in [0.717, 1.165) is 18.2 Å². The van der Waals surface area contributed by atoms with Crippen LogP contribution in [-0.2, 0) is 0 Å². The Hall–Kier alpha value is -1.64. The third kappa shape index (κ3) is 3.96. The second-order valence-corrected chi connectivity index (χ2v) is 5.43. The van der Waals surface area contributed by atoms with Crippen LogP contribution in [0.25, 0.3) is 11.3 Å². The standard InChI is InChI=1S/C13H9F6NOS/c1-6-2-8(14)7(3-11(6)22-5-13(17,18)19)9-4-10(12(15)16)21-20-9/h2-4,12H,5H2,1H3. The van der Waals surface area contributed by atoms with Gasteiger partial charge in [0.15, 0.2) is 0 Å². The fourth-order valence-corrected chi connectivity index (χ4v) is 2.49. The lowest BCUT2D eigenvalue weighted by Crippen LogP contribution is -2.10. The van der Waals surface area contributed by atoms with Gasteiger partial charge in [0.25, 0.3) is 6.43 Å². The van der Waals surface area contributed by atoms with Crippen molar-refractivity contribution in [2.45, 2.75) is 24.4 Å². The summed E-state index contributed by atoms with van der Waals surface area (Å²) in [6, 6.07) is 3.04. The van der Waals surface area contributed by atoms with Gasteiger partial charge in [0.05, 0.1) is 5.75 Å². The quantitative estimate of drug-likeness (QED) is 0.551. The Bertz CT molecular complexity index is 667. The third-order valence-corrected chi connectivity index (χ3v) is 3.90. The zero-order chi connectivity index (χ0) is 16.5. The molecule has 1 heterocycles. The van der Waals surface area contributed by atoms with Crippen molar-refractivity contribution >= 4 is 11.8 Å². The maximum atomic E-state index is 13.9. The Balaban J connectivity index is 2.34. The molecule has 1 aromatic carbocycles. The van der Waals surface area contributed by atoms with Gasteiger partial charge in [-0.3, -0.25) is 0 Å². The Labute approximate surface area is 125 Å². The summed E-state index contributed by atoms with van der Waals surface area (Å²) in [5, 5.41) is 3.32. The van der Waals surface area contributed by atoms with E-state index < -0.39 is 29.9 Å². The maximum absolute atomic E-state index is 13.9. The van der Waals surface area contributed by atoms with Crippen LogP contribution < -0.4 is 0 Å². The minimum atomic E-state index is -4.37. The van der Waals surface area contributed by atoms with Crippen LogP contribution in [0.2, 0.25) is 0 Å². The molecule has 0 spiro atoms. The van der Waals surface area contributed by atoms with E-state index in [9.17, 15) is 26.3 Å². The third-order valence-electron chi connectivity index (χ3n) is 2.68. The zero-order valence-electron chi connectivity index (χ0n) is 11.0. The molecule has 0 atom stereocenters. The van der Waals surface area contributed by atoms with Crippen molar-refractivity contribution in [3.8, 4) is 11.3 Å². The number of alkyl halides is 5. The van der Waals surface area contributed by atoms with Crippen LogP contribution in [0.3, 0.4) is 0 Å². The number of hydrogen-bond acceptors (Lipinski definition) is 3. The van der Waals surface area contributed by atoms with Crippen LogP contribution in [0.15, 0.2) is 27.6 Å². The predicted octanol–water partition coefficient (Wildman–Crippen LogP) is 5.38. The Kier molecular flexibility index (Phi) is 4.74. The van der Waals surface area contributed by atoms with Gasteiger partial charge < -0.3 is 4.52 Å². The summed E-state index contributed by atoms with van der Waals surface area (Å²) in [6.45, 7) is 1.46. The largest absolute Gasteiger partial charge is 0.398 e. The second-order valence-electron chi connectivity index (χ2n) is 4.42. The molecule has 0 bridgehead atoms. The molecule has 120 valence electrons. The van der Waals surface area contributed by atoms with Crippen LogP contribution in [0, 0.1) is 12.7 Å². The monoisotopic (exact) mass is 341 g/mol. The van der Waals surface area contributed by atoms with Gasteiger partial charge in [-0.05, 0) is 24.6 Å². The number of aromatic nitrogens is 1. The molecule has 0 N–H and O–H groups in total. The molecule has 0 aliphatic rings. The van der Waals surface area contributed by atoms with E-state index in [4.69, 9.17) is 0 Å². The number of aryl methyl sites for hydroxylation is 1. The molecule has 2 aromatic rings. The fourth-order valence-electron chi connectivity index (χ4n) is 1.68. The van der Waals surface area contributed by atoms with E-state index in [1.165, 1.54) is 6.92 Å². The summed E-state index contributed by atoms with van der Waals surface area (Å²) in [7, 11) is 0. The first-order valence-electron chi connectivity index (χ1n) is 5.92. The van der Waals surface area contributed by atoms with Gasteiger partial charge >= 0.3 is 6.18 Å². The molecule has 0 saturated heterocycles.